The Kier molecular flexibility index (Phi) is 5.26. The number of H-pyrrole nitrogens is 2. The van der Waals surface area contributed by atoms with Gasteiger partial charge >= 0.3 is 0 Å². The zero-order chi connectivity index (χ0) is 20.3. The van der Waals surface area contributed by atoms with Crippen LogP contribution < -0.4 is 4.74 Å². The van der Waals surface area contributed by atoms with Gasteiger partial charge in [0.05, 0.1) is 16.1 Å². The zero-order valence-corrected chi connectivity index (χ0v) is 17.8. The second-order valence-electron chi connectivity index (χ2n) is 7.42. The second kappa shape index (κ2) is 7.61. The van der Waals surface area contributed by atoms with Gasteiger partial charge in [0.2, 0.25) is 0 Å². The normalized spacial score (nSPS) is 11.8. The van der Waals surface area contributed by atoms with E-state index in [4.69, 9.17) is 16.3 Å². The first-order valence-corrected chi connectivity index (χ1v) is 9.62. The standard InChI is InChI=1S/C22H18ClF2N3O.ClH/c1-28(2)7-8-29-22-20-17(13-9-11(24)3-5-15(13)26-20)19(23)18-14-10-12(25)4-6-16(14)27-21(18)22;/h3-6,9-10,26-27H,7-8H2,1-2H3;1H. The Labute approximate surface area is 182 Å². The predicted molar refractivity (Wildman–Crippen MR) is 121 cm³/mol. The van der Waals surface area contributed by atoms with Gasteiger partial charge in [-0.1, -0.05) is 11.6 Å². The first-order valence-electron chi connectivity index (χ1n) is 9.25. The number of likely N-dealkylation sites (N-methyl/N-ethyl adjacent to an activating group) is 1. The highest BCUT2D eigenvalue weighted by molar-refractivity contribution is 6.45. The summed E-state index contributed by atoms with van der Waals surface area (Å²) in [5, 5.41) is 3.09. The Bertz CT molecular complexity index is 1310. The average molecular weight is 450 g/mol. The van der Waals surface area contributed by atoms with Crippen molar-refractivity contribution < 1.29 is 13.5 Å². The number of rotatable bonds is 4. The fraction of sp³-hybridized carbons (Fsp3) is 0.182. The van der Waals surface area contributed by atoms with Crippen LogP contribution >= 0.6 is 24.0 Å². The predicted octanol–water partition coefficient (Wildman–Crippen LogP) is 6.25. The third kappa shape index (κ3) is 3.16. The summed E-state index contributed by atoms with van der Waals surface area (Å²) in [4.78, 5) is 8.65. The molecular weight excluding hydrogens is 431 g/mol. The van der Waals surface area contributed by atoms with Gasteiger partial charge in [-0.3, -0.25) is 0 Å². The lowest BCUT2D eigenvalue weighted by Crippen LogP contribution is -2.19. The molecule has 0 saturated carbocycles. The highest BCUT2D eigenvalue weighted by atomic mass is 35.5. The van der Waals surface area contributed by atoms with E-state index in [9.17, 15) is 8.78 Å². The van der Waals surface area contributed by atoms with Gasteiger partial charge in [-0.15, -0.1) is 12.4 Å². The Hall–Kier alpha value is -2.54. The van der Waals surface area contributed by atoms with Crippen LogP contribution in [0, 0.1) is 11.6 Å². The van der Waals surface area contributed by atoms with E-state index >= 15 is 0 Å². The molecule has 156 valence electrons. The molecule has 0 saturated heterocycles. The number of aromatic amines is 2. The molecule has 0 aliphatic rings. The van der Waals surface area contributed by atoms with Gasteiger partial charge in [0.1, 0.15) is 18.2 Å². The Morgan fingerprint density at radius 3 is 1.87 bits per heavy atom. The number of nitrogens with one attached hydrogen (secondary N) is 2. The summed E-state index contributed by atoms with van der Waals surface area (Å²) in [5.74, 6) is -0.112. The van der Waals surface area contributed by atoms with Crippen LogP contribution in [-0.2, 0) is 0 Å². The molecule has 0 radical (unpaired) electrons. The smallest absolute Gasteiger partial charge is 0.167 e. The Morgan fingerprint density at radius 1 is 0.900 bits per heavy atom. The van der Waals surface area contributed by atoms with E-state index in [-0.39, 0.29) is 24.0 Å². The molecule has 5 rings (SSSR count). The molecule has 30 heavy (non-hydrogen) atoms. The maximum atomic E-state index is 14.0. The largest absolute Gasteiger partial charge is 0.488 e. The lowest BCUT2D eigenvalue weighted by molar-refractivity contribution is 0.265. The summed E-state index contributed by atoms with van der Waals surface area (Å²) in [5.41, 5.74) is 2.88. The Balaban J connectivity index is 0.00000218. The minimum Gasteiger partial charge on any atom is -0.488 e. The van der Waals surface area contributed by atoms with Crippen molar-refractivity contribution in [2.75, 3.05) is 27.2 Å². The minimum absolute atomic E-state index is 0. The molecule has 0 spiro atoms. The minimum atomic E-state index is -0.352. The molecule has 0 amide bonds. The lowest BCUT2D eigenvalue weighted by atomic mass is 10.1. The number of ether oxygens (including phenoxy) is 1. The van der Waals surface area contributed by atoms with Crippen molar-refractivity contribution in [3.05, 3.63) is 53.1 Å². The van der Waals surface area contributed by atoms with Crippen LogP contribution in [0.1, 0.15) is 0 Å². The third-order valence-electron chi connectivity index (χ3n) is 5.20. The highest BCUT2D eigenvalue weighted by Gasteiger charge is 2.22. The van der Waals surface area contributed by atoms with E-state index in [0.717, 1.165) is 17.6 Å². The Morgan fingerprint density at radius 2 is 1.40 bits per heavy atom. The molecule has 0 aliphatic carbocycles. The molecule has 3 aromatic carbocycles. The summed E-state index contributed by atoms with van der Waals surface area (Å²) in [6, 6.07) is 9.05. The first kappa shape index (κ1) is 20.7. The van der Waals surface area contributed by atoms with Crippen LogP contribution in [0.25, 0.3) is 43.6 Å². The molecule has 2 heterocycles. The number of halogens is 4. The van der Waals surface area contributed by atoms with Crippen LogP contribution in [0.5, 0.6) is 5.75 Å². The van der Waals surface area contributed by atoms with Crippen molar-refractivity contribution in [2.24, 2.45) is 0 Å². The van der Waals surface area contributed by atoms with Crippen molar-refractivity contribution >= 4 is 67.6 Å². The molecule has 0 fully saturated rings. The summed E-state index contributed by atoms with van der Waals surface area (Å²) in [6.45, 7) is 1.17. The lowest BCUT2D eigenvalue weighted by Gasteiger charge is -2.13. The van der Waals surface area contributed by atoms with Crippen LogP contribution in [-0.4, -0.2) is 42.1 Å². The number of fused-ring (bicyclic) bond motifs is 6. The van der Waals surface area contributed by atoms with Gasteiger partial charge < -0.3 is 19.6 Å². The fourth-order valence-corrected chi connectivity index (χ4v) is 4.24. The molecule has 0 unspecified atom stereocenters. The van der Waals surface area contributed by atoms with E-state index in [1.165, 1.54) is 24.3 Å². The highest BCUT2D eigenvalue weighted by Crippen LogP contribution is 2.46. The van der Waals surface area contributed by atoms with Crippen molar-refractivity contribution in [1.29, 1.82) is 0 Å². The second-order valence-corrected chi connectivity index (χ2v) is 7.80. The van der Waals surface area contributed by atoms with E-state index in [1.807, 2.05) is 19.0 Å². The van der Waals surface area contributed by atoms with Gasteiger partial charge in [-0.05, 0) is 50.5 Å². The van der Waals surface area contributed by atoms with Crippen molar-refractivity contribution in [3.8, 4) is 5.75 Å². The number of nitrogens with zero attached hydrogens (tertiary/aromatic N) is 1. The SMILES string of the molecule is CN(C)CCOc1c2[nH]c3ccc(F)cc3c2c(Cl)c2c1[nH]c1ccc(F)cc12.Cl. The number of aromatic nitrogens is 2. The average Bonchev–Trinajstić information content (AvgIpc) is 3.22. The van der Waals surface area contributed by atoms with E-state index in [1.54, 1.807) is 12.1 Å². The quantitative estimate of drug-likeness (QED) is 0.340. The van der Waals surface area contributed by atoms with Gasteiger partial charge in [-0.25, -0.2) is 8.78 Å². The zero-order valence-electron chi connectivity index (χ0n) is 16.3. The van der Waals surface area contributed by atoms with E-state index in [2.05, 4.69) is 9.97 Å². The van der Waals surface area contributed by atoms with Gasteiger partial charge in [0.25, 0.3) is 0 Å². The van der Waals surface area contributed by atoms with Gasteiger partial charge in [-0.2, -0.15) is 0 Å². The molecule has 2 N–H and O–H groups in total. The van der Waals surface area contributed by atoms with Crippen LogP contribution in [0.4, 0.5) is 8.78 Å². The summed E-state index contributed by atoms with van der Waals surface area (Å²) in [6.07, 6.45) is 0. The van der Waals surface area contributed by atoms with E-state index < -0.39 is 0 Å². The monoisotopic (exact) mass is 449 g/mol. The molecule has 4 nitrogen and oxygen atoms in total. The molecule has 8 heteroatoms. The first-order chi connectivity index (χ1) is 13.9. The molecular formula is C22H19Cl2F2N3O. The summed E-state index contributed by atoms with van der Waals surface area (Å²) < 4.78 is 34.1. The van der Waals surface area contributed by atoms with Crippen molar-refractivity contribution in [1.82, 2.24) is 14.9 Å². The molecule has 2 aromatic heterocycles. The number of hydrogen-bond donors (Lipinski definition) is 2. The molecule has 0 atom stereocenters. The molecule has 0 aliphatic heterocycles. The van der Waals surface area contributed by atoms with Gasteiger partial charge in [0, 0.05) is 39.1 Å². The summed E-state index contributed by atoms with van der Waals surface area (Å²) in [7, 11) is 3.93. The number of hydrogen-bond acceptors (Lipinski definition) is 2. The van der Waals surface area contributed by atoms with Crippen LogP contribution in [0.15, 0.2) is 36.4 Å². The van der Waals surface area contributed by atoms with Crippen LogP contribution in [0.3, 0.4) is 0 Å². The topological polar surface area (TPSA) is 44.0 Å². The molecule has 5 aromatic rings. The van der Waals surface area contributed by atoms with E-state index in [0.29, 0.717) is 50.0 Å². The maximum absolute atomic E-state index is 14.0. The van der Waals surface area contributed by atoms with Crippen molar-refractivity contribution in [3.63, 3.8) is 0 Å². The summed E-state index contributed by atoms with van der Waals surface area (Å²) >= 11 is 6.83. The third-order valence-corrected chi connectivity index (χ3v) is 5.58. The maximum Gasteiger partial charge on any atom is 0.167 e. The van der Waals surface area contributed by atoms with Gasteiger partial charge in [0.15, 0.2) is 5.75 Å². The number of benzene rings is 3. The van der Waals surface area contributed by atoms with Crippen LogP contribution in [0.2, 0.25) is 5.02 Å². The molecule has 0 bridgehead atoms. The van der Waals surface area contributed by atoms with Crippen molar-refractivity contribution in [2.45, 2.75) is 0 Å². The fourth-order valence-electron chi connectivity index (χ4n) is 3.85.